The number of rotatable bonds is 2. The van der Waals surface area contributed by atoms with Gasteiger partial charge in [-0.15, -0.1) is 0 Å². The third-order valence-corrected chi connectivity index (χ3v) is 2.38. The maximum Gasteiger partial charge on any atom is 0.307 e. The monoisotopic (exact) mass is 177 g/mol. The van der Waals surface area contributed by atoms with Crippen LogP contribution in [0, 0.1) is 5.92 Å². The highest BCUT2D eigenvalue weighted by Crippen LogP contribution is 2.28. The minimum absolute atomic E-state index is 0.131. The second-order valence-corrected chi connectivity index (χ2v) is 3.28. The molecule has 2 aliphatic rings. The van der Waals surface area contributed by atoms with Crippen LogP contribution < -0.4 is 5.32 Å². The summed E-state index contributed by atoms with van der Waals surface area (Å²) >= 11 is 0. The molecule has 3 nitrogen and oxygen atoms in total. The van der Waals surface area contributed by atoms with Gasteiger partial charge in [0.05, 0.1) is 12.5 Å². The number of hydrogen-bond acceptors (Lipinski definition) is 2. The SMILES string of the molecule is O=C(O)CC1=CNC2C=CC=CC12. The van der Waals surface area contributed by atoms with Crippen molar-refractivity contribution >= 4 is 5.97 Å². The van der Waals surface area contributed by atoms with E-state index in [0.717, 1.165) is 5.57 Å². The summed E-state index contributed by atoms with van der Waals surface area (Å²) in [5.41, 5.74) is 0.957. The van der Waals surface area contributed by atoms with E-state index in [-0.39, 0.29) is 18.4 Å². The van der Waals surface area contributed by atoms with Crippen molar-refractivity contribution in [1.29, 1.82) is 0 Å². The Morgan fingerprint density at radius 2 is 2.23 bits per heavy atom. The van der Waals surface area contributed by atoms with E-state index in [4.69, 9.17) is 5.11 Å². The Morgan fingerprint density at radius 3 is 3.00 bits per heavy atom. The van der Waals surface area contributed by atoms with Crippen molar-refractivity contribution in [1.82, 2.24) is 5.32 Å². The number of carboxylic acids is 1. The number of allylic oxidation sites excluding steroid dienone is 2. The van der Waals surface area contributed by atoms with Crippen molar-refractivity contribution in [3.63, 3.8) is 0 Å². The lowest BCUT2D eigenvalue weighted by atomic mass is 9.90. The number of carbonyl (C=O) groups is 1. The Bertz CT molecular complexity index is 315. The number of aliphatic carboxylic acids is 1. The lowest BCUT2D eigenvalue weighted by molar-refractivity contribution is -0.136. The summed E-state index contributed by atoms with van der Waals surface area (Å²) in [4.78, 5) is 10.5. The van der Waals surface area contributed by atoms with E-state index >= 15 is 0 Å². The molecule has 2 unspecified atom stereocenters. The highest BCUT2D eigenvalue weighted by atomic mass is 16.4. The van der Waals surface area contributed by atoms with Gasteiger partial charge < -0.3 is 10.4 Å². The van der Waals surface area contributed by atoms with Gasteiger partial charge in [0, 0.05) is 5.92 Å². The predicted octanol–water partition coefficient (Wildman–Crippen LogP) is 1.06. The highest BCUT2D eigenvalue weighted by Gasteiger charge is 2.27. The van der Waals surface area contributed by atoms with E-state index in [1.807, 2.05) is 24.4 Å². The fraction of sp³-hybridized carbons (Fsp3) is 0.300. The Balaban J connectivity index is 2.11. The predicted molar refractivity (Wildman–Crippen MR) is 49.0 cm³/mol. The summed E-state index contributed by atoms with van der Waals surface area (Å²) in [7, 11) is 0. The first-order valence-electron chi connectivity index (χ1n) is 4.29. The van der Waals surface area contributed by atoms with Gasteiger partial charge in [-0.2, -0.15) is 0 Å². The molecule has 1 aliphatic heterocycles. The van der Waals surface area contributed by atoms with Crippen LogP contribution in [0.3, 0.4) is 0 Å². The quantitative estimate of drug-likeness (QED) is 0.663. The summed E-state index contributed by atoms with van der Waals surface area (Å²) in [6.07, 6.45) is 9.99. The molecular weight excluding hydrogens is 166 g/mol. The van der Waals surface area contributed by atoms with Crippen LogP contribution in [0.15, 0.2) is 36.1 Å². The summed E-state index contributed by atoms with van der Waals surface area (Å²) in [5.74, 6) is -0.530. The first-order chi connectivity index (χ1) is 6.27. The van der Waals surface area contributed by atoms with E-state index in [9.17, 15) is 4.79 Å². The smallest absolute Gasteiger partial charge is 0.307 e. The fourth-order valence-corrected chi connectivity index (χ4v) is 1.76. The molecule has 0 fully saturated rings. The van der Waals surface area contributed by atoms with E-state index in [0.29, 0.717) is 0 Å². The lowest BCUT2D eigenvalue weighted by Gasteiger charge is -2.17. The Kier molecular flexibility index (Phi) is 1.93. The molecule has 13 heavy (non-hydrogen) atoms. The molecule has 1 aliphatic carbocycles. The van der Waals surface area contributed by atoms with Crippen molar-refractivity contribution in [2.24, 2.45) is 5.92 Å². The van der Waals surface area contributed by atoms with Crippen LogP contribution in [0.5, 0.6) is 0 Å². The standard InChI is InChI=1S/C10H11NO2/c12-10(13)5-7-6-11-9-4-2-1-3-8(7)9/h1-4,6,8-9,11H,5H2,(H,12,13). The molecule has 1 heterocycles. The minimum Gasteiger partial charge on any atom is -0.481 e. The summed E-state index contributed by atoms with van der Waals surface area (Å²) in [6, 6.07) is 0.263. The molecule has 0 saturated heterocycles. The van der Waals surface area contributed by atoms with E-state index in [2.05, 4.69) is 11.4 Å². The van der Waals surface area contributed by atoms with Gasteiger partial charge in [0.2, 0.25) is 0 Å². The van der Waals surface area contributed by atoms with Gasteiger partial charge in [-0.3, -0.25) is 4.79 Å². The van der Waals surface area contributed by atoms with Crippen molar-refractivity contribution < 1.29 is 9.90 Å². The van der Waals surface area contributed by atoms with Gasteiger partial charge in [0.25, 0.3) is 0 Å². The van der Waals surface area contributed by atoms with E-state index in [1.165, 1.54) is 0 Å². The molecule has 0 spiro atoms. The second-order valence-electron chi connectivity index (χ2n) is 3.28. The largest absolute Gasteiger partial charge is 0.481 e. The third kappa shape index (κ3) is 1.49. The van der Waals surface area contributed by atoms with Gasteiger partial charge in [0.15, 0.2) is 0 Å². The van der Waals surface area contributed by atoms with Gasteiger partial charge in [-0.25, -0.2) is 0 Å². The third-order valence-electron chi connectivity index (χ3n) is 2.38. The highest BCUT2D eigenvalue weighted by molar-refractivity contribution is 5.70. The molecule has 2 N–H and O–H groups in total. The Morgan fingerprint density at radius 1 is 1.46 bits per heavy atom. The normalized spacial score (nSPS) is 29.4. The Labute approximate surface area is 76.4 Å². The molecule has 0 aromatic heterocycles. The van der Waals surface area contributed by atoms with Gasteiger partial charge in [-0.1, -0.05) is 24.3 Å². The molecule has 0 bridgehead atoms. The maximum absolute atomic E-state index is 10.5. The van der Waals surface area contributed by atoms with Gasteiger partial charge in [0.1, 0.15) is 0 Å². The molecule has 0 aromatic carbocycles. The molecule has 2 atom stereocenters. The number of fused-ring (bicyclic) bond motifs is 1. The molecular formula is C10H11NO2. The van der Waals surface area contributed by atoms with Crippen LogP contribution in [-0.4, -0.2) is 17.1 Å². The molecule has 3 heteroatoms. The number of nitrogens with one attached hydrogen (secondary N) is 1. The zero-order valence-electron chi connectivity index (χ0n) is 7.10. The second kappa shape index (κ2) is 3.09. The first kappa shape index (κ1) is 8.10. The van der Waals surface area contributed by atoms with Crippen LogP contribution in [-0.2, 0) is 4.79 Å². The van der Waals surface area contributed by atoms with Gasteiger partial charge >= 0.3 is 5.97 Å². The maximum atomic E-state index is 10.5. The average molecular weight is 177 g/mol. The summed E-state index contributed by atoms with van der Waals surface area (Å²) in [6.45, 7) is 0. The van der Waals surface area contributed by atoms with Crippen molar-refractivity contribution in [3.05, 3.63) is 36.1 Å². The molecule has 0 aromatic rings. The fourth-order valence-electron chi connectivity index (χ4n) is 1.76. The number of carboxylic acid groups (broad SMARTS) is 1. The molecule has 2 rings (SSSR count). The van der Waals surface area contributed by atoms with Crippen molar-refractivity contribution in [2.75, 3.05) is 0 Å². The summed E-state index contributed by atoms with van der Waals surface area (Å²) in [5, 5.41) is 11.8. The molecule has 0 amide bonds. The van der Waals surface area contributed by atoms with Crippen LogP contribution in [0.4, 0.5) is 0 Å². The van der Waals surface area contributed by atoms with Crippen LogP contribution >= 0.6 is 0 Å². The van der Waals surface area contributed by atoms with Crippen molar-refractivity contribution in [2.45, 2.75) is 12.5 Å². The van der Waals surface area contributed by atoms with Crippen LogP contribution in [0.1, 0.15) is 6.42 Å². The molecule has 0 radical (unpaired) electrons. The number of hydrogen-bond donors (Lipinski definition) is 2. The van der Waals surface area contributed by atoms with Crippen molar-refractivity contribution in [3.8, 4) is 0 Å². The lowest BCUT2D eigenvalue weighted by Crippen LogP contribution is -2.25. The minimum atomic E-state index is -0.767. The molecule has 0 saturated carbocycles. The topological polar surface area (TPSA) is 49.3 Å². The zero-order chi connectivity index (χ0) is 9.26. The van der Waals surface area contributed by atoms with Gasteiger partial charge in [-0.05, 0) is 11.8 Å². The van der Waals surface area contributed by atoms with E-state index in [1.54, 1.807) is 0 Å². The zero-order valence-corrected chi connectivity index (χ0v) is 7.10. The summed E-state index contributed by atoms with van der Waals surface area (Å²) < 4.78 is 0. The molecule has 68 valence electrons. The van der Waals surface area contributed by atoms with E-state index < -0.39 is 5.97 Å². The van der Waals surface area contributed by atoms with Crippen LogP contribution in [0.2, 0.25) is 0 Å². The average Bonchev–Trinajstić information content (AvgIpc) is 2.48. The Hall–Kier alpha value is -1.51. The van der Waals surface area contributed by atoms with Crippen LogP contribution in [0.25, 0.3) is 0 Å². The first-order valence-corrected chi connectivity index (χ1v) is 4.29.